The van der Waals surface area contributed by atoms with Crippen molar-refractivity contribution in [1.82, 2.24) is 5.32 Å². The van der Waals surface area contributed by atoms with Gasteiger partial charge in [-0.25, -0.2) is 13.6 Å². The molecule has 1 aromatic heterocycles. The summed E-state index contributed by atoms with van der Waals surface area (Å²) in [5.74, 6) is -0.226. The number of carbonyl (C=O) groups is 1. The summed E-state index contributed by atoms with van der Waals surface area (Å²) in [6.07, 6.45) is 5.79. The summed E-state index contributed by atoms with van der Waals surface area (Å²) in [6.45, 7) is 2.81. The van der Waals surface area contributed by atoms with Crippen LogP contribution in [0.4, 0.5) is 0 Å². The van der Waals surface area contributed by atoms with Gasteiger partial charge in [-0.2, -0.15) is 0 Å². The molecular weight excluding hydrogens is 296 g/mol. The SMILES string of the molecule is CCC1(CNC(=O)c2csc(S(N)(=O)=O)c2)CCCC1. The van der Waals surface area contributed by atoms with Crippen molar-refractivity contribution in [2.24, 2.45) is 10.6 Å². The van der Waals surface area contributed by atoms with Gasteiger partial charge in [-0.1, -0.05) is 19.8 Å². The second-order valence-corrected chi connectivity index (χ2v) is 8.14. The maximum atomic E-state index is 12.1. The molecule has 1 heterocycles. The van der Waals surface area contributed by atoms with Crippen LogP contribution in [0.25, 0.3) is 0 Å². The van der Waals surface area contributed by atoms with Crippen LogP contribution in [0.5, 0.6) is 0 Å². The van der Waals surface area contributed by atoms with Crippen molar-refractivity contribution in [3.05, 3.63) is 17.0 Å². The molecule has 0 radical (unpaired) electrons. The summed E-state index contributed by atoms with van der Waals surface area (Å²) in [7, 11) is -3.72. The van der Waals surface area contributed by atoms with E-state index in [-0.39, 0.29) is 15.5 Å². The van der Waals surface area contributed by atoms with Crippen molar-refractivity contribution >= 4 is 27.3 Å². The Balaban J connectivity index is 2.00. The molecule has 7 heteroatoms. The van der Waals surface area contributed by atoms with Gasteiger partial charge in [0.25, 0.3) is 5.91 Å². The van der Waals surface area contributed by atoms with Crippen LogP contribution in [0.3, 0.4) is 0 Å². The van der Waals surface area contributed by atoms with Crippen LogP contribution in [0.15, 0.2) is 15.7 Å². The Morgan fingerprint density at radius 1 is 1.45 bits per heavy atom. The van der Waals surface area contributed by atoms with Crippen molar-refractivity contribution in [3.63, 3.8) is 0 Å². The molecule has 112 valence electrons. The van der Waals surface area contributed by atoms with Gasteiger partial charge in [0.05, 0.1) is 5.56 Å². The van der Waals surface area contributed by atoms with Crippen LogP contribution < -0.4 is 10.5 Å². The minimum atomic E-state index is -3.72. The van der Waals surface area contributed by atoms with Gasteiger partial charge in [0.2, 0.25) is 10.0 Å². The van der Waals surface area contributed by atoms with Crippen LogP contribution in [-0.4, -0.2) is 20.9 Å². The van der Waals surface area contributed by atoms with Crippen LogP contribution >= 0.6 is 11.3 Å². The van der Waals surface area contributed by atoms with Crippen LogP contribution in [0.1, 0.15) is 49.4 Å². The molecule has 1 fully saturated rings. The predicted octanol–water partition coefficient (Wildman–Crippen LogP) is 2.10. The summed E-state index contributed by atoms with van der Waals surface area (Å²) < 4.78 is 22.4. The molecule has 0 aromatic carbocycles. The van der Waals surface area contributed by atoms with Gasteiger partial charge in [-0.3, -0.25) is 4.79 Å². The second-order valence-electron chi connectivity index (χ2n) is 5.44. The molecule has 1 saturated carbocycles. The van der Waals surface area contributed by atoms with Gasteiger partial charge in [0.1, 0.15) is 4.21 Å². The van der Waals surface area contributed by atoms with E-state index in [9.17, 15) is 13.2 Å². The fourth-order valence-electron chi connectivity index (χ4n) is 2.74. The topological polar surface area (TPSA) is 89.3 Å². The first-order valence-electron chi connectivity index (χ1n) is 6.76. The average molecular weight is 316 g/mol. The van der Waals surface area contributed by atoms with E-state index in [2.05, 4.69) is 12.2 Å². The number of primary sulfonamides is 1. The Bertz CT molecular complexity index is 587. The largest absolute Gasteiger partial charge is 0.351 e. The summed E-state index contributed by atoms with van der Waals surface area (Å²) in [5.41, 5.74) is 0.581. The first-order chi connectivity index (χ1) is 9.36. The van der Waals surface area contributed by atoms with Crippen LogP contribution in [0, 0.1) is 5.41 Å². The van der Waals surface area contributed by atoms with E-state index in [0.717, 1.165) is 30.6 Å². The van der Waals surface area contributed by atoms with E-state index < -0.39 is 10.0 Å². The Morgan fingerprint density at radius 3 is 2.60 bits per heavy atom. The molecule has 0 bridgehead atoms. The zero-order valence-electron chi connectivity index (χ0n) is 11.5. The summed E-state index contributed by atoms with van der Waals surface area (Å²) in [6, 6.07) is 1.34. The first-order valence-corrected chi connectivity index (χ1v) is 9.18. The Labute approximate surface area is 123 Å². The number of amides is 1. The molecule has 0 atom stereocenters. The molecule has 0 unspecified atom stereocenters. The van der Waals surface area contributed by atoms with Gasteiger partial charge >= 0.3 is 0 Å². The summed E-state index contributed by atoms with van der Waals surface area (Å²) in [4.78, 5) is 12.1. The molecule has 5 nitrogen and oxygen atoms in total. The van der Waals surface area contributed by atoms with E-state index in [1.807, 2.05) is 0 Å². The van der Waals surface area contributed by atoms with Crippen LogP contribution in [-0.2, 0) is 10.0 Å². The van der Waals surface area contributed by atoms with E-state index in [4.69, 9.17) is 5.14 Å². The lowest BCUT2D eigenvalue weighted by molar-refractivity contribution is 0.0929. The third-order valence-electron chi connectivity index (χ3n) is 4.16. The molecule has 3 N–H and O–H groups in total. The van der Waals surface area contributed by atoms with Crippen molar-refractivity contribution in [1.29, 1.82) is 0 Å². The normalized spacial score (nSPS) is 18.1. The monoisotopic (exact) mass is 316 g/mol. The number of nitrogens with one attached hydrogen (secondary N) is 1. The van der Waals surface area contributed by atoms with E-state index >= 15 is 0 Å². The number of hydrogen-bond donors (Lipinski definition) is 2. The lowest BCUT2D eigenvalue weighted by Gasteiger charge is -2.27. The quantitative estimate of drug-likeness (QED) is 0.871. The number of sulfonamides is 1. The predicted molar refractivity (Wildman–Crippen MR) is 79.2 cm³/mol. The number of nitrogens with two attached hydrogens (primary N) is 1. The van der Waals surface area contributed by atoms with E-state index in [1.165, 1.54) is 24.3 Å². The van der Waals surface area contributed by atoms with Crippen molar-refractivity contribution in [3.8, 4) is 0 Å². The third kappa shape index (κ3) is 3.39. The highest BCUT2D eigenvalue weighted by atomic mass is 32.2. The smallest absolute Gasteiger partial charge is 0.252 e. The number of thiophene rings is 1. The van der Waals surface area contributed by atoms with Crippen molar-refractivity contribution < 1.29 is 13.2 Å². The molecule has 0 saturated heterocycles. The zero-order chi connectivity index (χ0) is 14.8. The molecule has 2 rings (SSSR count). The van der Waals surface area contributed by atoms with E-state index in [0.29, 0.717) is 12.1 Å². The highest BCUT2D eigenvalue weighted by Gasteiger charge is 2.32. The number of hydrogen-bond acceptors (Lipinski definition) is 4. The molecule has 0 spiro atoms. The number of carbonyl (C=O) groups excluding carboxylic acids is 1. The second kappa shape index (κ2) is 5.83. The molecule has 1 aromatic rings. The molecular formula is C13H20N2O3S2. The maximum absolute atomic E-state index is 12.1. The summed E-state index contributed by atoms with van der Waals surface area (Å²) >= 11 is 0.974. The van der Waals surface area contributed by atoms with E-state index in [1.54, 1.807) is 0 Å². The Morgan fingerprint density at radius 2 is 2.10 bits per heavy atom. The fourth-order valence-corrected chi connectivity index (χ4v) is 4.32. The van der Waals surface area contributed by atoms with Crippen molar-refractivity contribution in [2.75, 3.05) is 6.54 Å². The molecule has 1 aliphatic carbocycles. The minimum absolute atomic E-state index is 0.0220. The molecule has 1 amide bonds. The highest BCUT2D eigenvalue weighted by molar-refractivity contribution is 7.91. The standard InChI is InChI=1S/C13H20N2O3S2/c1-2-13(5-3-4-6-13)9-15-12(16)10-7-11(19-8-10)20(14,17)18/h7-8H,2-6,9H2,1H3,(H,15,16)(H2,14,17,18). The zero-order valence-corrected chi connectivity index (χ0v) is 13.1. The Kier molecular flexibility index (Phi) is 4.51. The Hall–Kier alpha value is -0.920. The number of rotatable bonds is 5. The lowest BCUT2D eigenvalue weighted by atomic mass is 9.83. The summed E-state index contributed by atoms with van der Waals surface area (Å²) in [5, 5.41) is 9.50. The maximum Gasteiger partial charge on any atom is 0.252 e. The van der Waals surface area contributed by atoms with Crippen LogP contribution in [0.2, 0.25) is 0 Å². The highest BCUT2D eigenvalue weighted by Crippen LogP contribution is 2.40. The molecule has 0 aliphatic heterocycles. The lowest BCUT2D eigenvalue weighted by Crippen LogP contribution is -2.35. The van der Waals surface area contributed by atoms with Gasteiger partial charge < -0.3 is 5.32 Å². The average Bonchev–Trinajstić information content (AvgIpc) is 3.05. The fraction of sp³-hybridized carbons (Fsp3) is 0.615. The van der Waals surface area contributed by atoms with Gasteiger partial charge in [0, 0.05) is 11.9 Å². The van der Waals surface area contributed by atoms with Gasteiger partial charge in [-0.05, 0) is 30.7 Å². The molecule has 1 aliphatic rings. The third-order valence-corrected chi connectivity index (χ3v) is 6.54. The van der Waals surface area contributed by atoms with Gasteiger partial charge in [0.15, 0.2) is 0 Å². The minimum Gasteiger partial charge on any atom is -0.351 e. The first kappa shape index (κ1) is 15.5. The van der Waals surface area contributed by atoms with Gasteiger partial charge in [-0.15, -0.1) is 11.3 Å². The van der Waals surface area contributed by atoms with Crippen molar-refractivity contribution in [2.45, 2.75) is 43.2 Å². The molecule has 20 heavy (non-hydrogen) atoms.